The van der Waals surface area contributed by atoms with Gasteiger partial charge in [-0.25, -0.2) is 0 Å². The number of hydrogen-bond donors (Lipinski definition) is 1. The monoisotopic (exact) mass is 424 g/mol. The highest BCUT2D eigenvalue weighted by molar-refractivity contribution is 5.94. The van der Waals surface area contributed by atoms with Gasteiger partial charge in [0.15, 0.2) is 0 Å². The Morgan fingerprint density at radius 1 is 1.23 bits per heavy atom. The molecule has 0 bridgehead atoms. The fraction of sp³-hybridized carbons (Fsp3) is 0.524. The Morgan fingerprint density at radius 2 is 1.93 bits per heavy atom. The molecule has 9 heteroatoms. The van der Waals surface area contributed by atoms with Crippen LogP contribution in [0.3, 0.4) is 0 Å². The van der Waals surface area contributed by atoms with Crippen molar-refractivity contribution < 1.29 is 22.7 Å². The quantitative estimate of drug-likeness (QED) is 0.750. The lowest BCUT2D eigenvalue weighted by Gasteiger charge is -2.31. The minimum atomic E-state index is -4.53. The number of benzene rings is 1. The number of morpholine rings is 1. The van der Waals surface area contributed by atoms with E-state index in [2.05, 4.69) is 10.4 Å². The van der Waals surface area contributed by atoms with Crippen LogP contribution in [0.5, 0.6) is 0 Å². The Morgan fingerprint density at radius 3 is 2.50 bits per heavy atom. The maximum Gasteiger partial charge on any atom is 0.418 e. The van der Waals surface area contributed by atoms with Crippen molar-refractivity contribution in [2.24, 2.45) is 0 Å². The highest BCUT2D eigenvalue weighted by Gasteiger charge is 2.36. The second kappa shape index (κ2) is 9.07. The Labute approximate surface area is 174 Å². The summed E-state index contributed by atoms with van der Waals surface area (Å²) >= 11 is 0. The molecule has 1 aliphatic rings. The maximum atomic E-state index is 13.7. The van der Waals surface area contributed by atoms with Crippen LogP contribution in [0.1, 0.15) is 42.8 Å². The summed E-state index contributed by atoms with van der Waals surface area (Å²) in [6.07, 6.45) is -3.27. The van der Waals surface area contributed by atoms with Crippen LogP contribution in [0.4, 0.5) is 24.5 Å². The van der Waals surface area contributed by atoms with Gasteiger partial charge in [-0.1, -0.05) is 13.3 Å². The number of nitrogens with one attached hydrogen (secondary N) is 1. The van der Waals surface area contributed by atoms with E-state index in [0.29, 0.717) is 32.7 Å². The number of hydrogen-bond acceptors (Lipinski definition) is 4. The van der Waals surface area contributed by atoms with Crippen molar-refractivity contribution in [3.63, 3.8) is 0 Å². The van der Waals surface area contributed by atoms with Crippen LogP contribution in [-0.2, 0) is 15.7 Å². The van der Waals surface area contributed by atoms with Crippen LogP contribution in [0.15, 0.2) is 24.3 Å². The molecule has 1 fully saturated rings. The van der Waals surface area contributed by atoms with Gasteiger partial charge >= 0.3 is 6.18 Å². The summed E-state index contributed by atoms with van der Waals surface area (Å²) in [6, 6.07) is 5.23. The fourth-order valence-electron chi connectivity index (χ4n) is 3.75. The number of aryl methyl sites for hydroxylation is 2. The molecule has 0 aliphatic carbocycles. The number of amides is 1. The van der Waals surface area contributed by atoms with Crippen molar-refractivity contribution in [2.45, 2.75) is 45.8 Å². The molecule has 1 N–H and O–H groups in total. The minimum Gasteiger partial charge on any atom is -0.378 e. The molecule has 1 aliphatic heterocycles. The molecular formula is C21H27F3N4O2. The van der Waals surface area contributed by atoms with E-state index in [1.807, 2.05) is 26.8 Å². The van der Waals surface area contributed by atoms with Gasteiger partial charge in [-0.3, -0.25) is 9.48 Å². The van der Waals surface area contributed by atoms with Gasteiger partial charge < -0.3 is 15.0 Å². The van der Waals surface area contributed by atoms with Crippen LogP contribution < -0.4 is 10.2 Å². The van der Waals surface area contributed by atoms with E-state index in [1.54, 1.807) is 9.58 Å². The molecule has 0 radical (unpaired) electrons. The Kier molecular flexibility index (Phi) is 6.70. The molecule has 1 saturated heterocycles. The summed E-state index contributed by atoms with van der Waals surface area (Å²) in [5.41, 5.74) is 1.08. The molecule has 1 aromatic heterocycles. The third-order valence-electron chi connectivity index (χ3n) is 5.13. The van der Waals surface area contributed by atoms with Crippen LogP contribution in [0.25, 0.3) is 0 Å². The molecule has 1 amide bonds. The first-order valence-corrected chi connectivity index (χ1v) is 10.1. The first kappa shape index (κ1) is 22.1. The molecule has 3 rings (SSSR count). The van der Waals surface area contributed by atoms with E-state index in [9.17, 15) is 18.0 Å². The van der Waals surface area contributed by atoms with Gasteiger partial charge in [0.05, 0.1) is 24.5 Å². The normalized spacial score (nSPS) is 15.9. The molecule has 1 aromatic carbocycles. The predicted octanol–water partition coefficient (Wildman–Crippen LogP) is 4.34. The maximum absolute atomic E-state index is 13.7. The molecular weight excluding hydrogens is 397 g/mol. The molecule has 1 unspecified atom stereocenters. The second-order valence-electron chi connectivity index (χ2n) is 7.49. The van der Waals surface area contributed by atoms with Crippen LogP contribution in [0.2, 0.25) is 0 Å². The van der Waals surface area contributed by atoms with Gasteiger partial charge in [0, 0.05) is 30.2 Å². The van der Waals surface area contributed by atoms with Gasteiger partial charge in [0.25, 0.3) is 0 Å². The first-order valence-electron chi connectivity index (χ1n) is 10.1. The highest BCUT2D eigenvalue weighted by atomic mass is 19.4. The lowest BCUT2D eigenvalue weighted by molar-refractivity contribution is -0.137. The average molecular weight is 424 g/mol. The number of alkyl halides is 3. The molecule has 164 valence electrons. The van der Waals surface area contributed by atoms with Gasteiger partial charge in [-0.05, 0) is 44.5 Å². The van der Waals surface area contributed by atoms with Crippen LogP contribution in [0, 0.1) is 13.8 Å². The molecule has 0 spiro atoms. The van der Waals surface area contributed by atoms with Crippen LogP contribution >= 0.6 is 0 Å². The first-order chi connectivity index (χ1) is 14.2. The second-order valence-corrected chi connectivity index (χ2v) is 7.49. The summed E-state index contributed by atoms with van der Waals surface area (Å²) in [7, 11) is 0. The van der Waals surface area contributed by atoms with Crippen molar-refractivity contribution in [3.8, 4) is 0 Å². The highest BCUT2D eigenvalue weighted by Crippen LogP contribution is 2.38. The summed E-state index contributed by atoms with van der Waals surface area (Å²) in [6.45, 7) is 7.20. The third kappa shape index (κ3) is 4.95. The summed E-state index contributed by atoms with van der Waals surface area (Å²) < 4.78 is 48.1. The predicted molar refractivity (Wildman–Crippen MR) is 109 cm³/mol. The smallest absolute Gasteiger partial charge is 0.378 e. The van der Waals surface area contributed by atoms with Crippen molar-refractivity contribution in [3.05, 3.63) is 41.2 Å². The lowest BCUT2D eigenvalue weighted by atomic mass is 10.1. The number of halogens is 3. The molecule has 2 heterocycles. The SMILES string of the molecule is CCCC(C(=O)Nc1ccc(N2CCOCC2)c(C(F)(F)F)c1)n1nc(C)cc1C. The van der Waals surface area contributed by atoms with Crippen molar-refractivity contribution in [2.75, 3.05) is 36.5 Å². The van der Waals surface area contributed by atoms with Gasteiger partial charge in [0.1, 0.15) is 6.04 Å². The van der Waals surface area contributed by atoms with E-state index >= 15 is 0 Å². The van der Waals surface area contributed by atoms with E-state index in [0.717, 1.165) is 23.9 Å². The van der Waals surface area contributed by atoms with Crippen molar-refractivity contribution >= 4 is 17.3 Å². The largest absolute Gasteiger partial charge is 0.418 e. The number of anilines is 2. The number of carbonyl (C=O) groups excluding carboxylic acids is 1. The Bertz CT molecular complexity index is 889. The number of nitrogens with zero attached hydrogens (tertiary/aromatic N) is 3. The molecule has 30 heavy (non-hydrogen) atoms. The van der Waals surface area contributed by atoms with E-state index < -0.39 is 17.8 Å². The van der Waals surface area contributed by atoms with Crippen molar-refractivity contribution in [1.82, 2.24) is 9.78 Å². The molecule has 2 aromatic rings. The standard InChI is InChI=1S/C21H27F3N4O2/c1-4-5-19(28-15(3)12-14(2)26-28)20(29)25-16-6-7-18(17(13-16)21(22,23)24)27-8-10-30-11-9-27/h6-7,12-13,19H,4-5,8-11H2,1-3H3,(H,25,29). The van der Waals surface area contributed by atoms with Gasteiger partial charge in [-0.2, -0.15) is 18.3 Å². The van der Waals surface area contributed by atoms with Gasteiger partial charge in [0.2, 0.25) is 5.91 Å². The zero-order valence-electron chi connectivity index (χ0n) is 17.4. The number of carbonyl (C=O) groups is 1. The Hall–Kier alpha value is -2.55. The van der Waals surface area contributed by atoms with Gasteiger partial charge in [-0.15, -0.1) is 0 Å². The summed E-state index contributed by atoms with van der Waals surface area (Å²) in [5.74, 6) is -0.379. The van der Waals surface area contributed by atoms with Crippen molar-refractivity contribution in [1.29, 1.82) is 0 Å². The number of ether oxygens (including phenoxy) is 1. The van der Waals surface area contributed by atoms with E-state index in [1.165, 1.54) is 12.1 Å². The molecule has 6 nitrogen and oxygen atoms in total. The third-order valence-corrected chi connectivity index (χ3v) is 5.13. The fourth-order valence-corrected chi connectivity index (χ4v) is 3.75. The number of aromatic nitrogens is 2. The lowest BCUT2D eigenvalue weighted by Crippen LogP contribution is -2.37. The minimum absolute atomic E-state index is 0.104. The van der Waals surface area contributed by atoms with Crippen LogP contribution in [-0.4, -0.2) is 42.0 Å². The zero-order chi connectivity index (χ0) is 21.9. The summed E-state index contributed by atoms with van der Waals surface area (Å²) in [4.78, 5) is 14.6. The molecule has 0 saturated carbocycles. The molecule has 1 atom stereocenters. The zero-order valence-corrected chi connectivity index (χ0v) is 17.4. The Balaban J connectivity index is 1.87. The average Bonchev–Trinajstić information content (AvgIpc) is 3.03. The summed E-state index contributed by atoms with van der Waals surface area (Å²) in [5, 5.41) is 7.04. The van der Waals surface area contributed by atoms with E-state index in [4.69, 9.17) is 4.74 Å². The topological polar surface area (TPSA) is 59.4 Å². The van der Waals surface area contributed by atoms with E-state index in [-0.39, 0.29) is 17.3 Å². The number of rotatable bonds is 6.